The van der Waals surface area contributed by atoms with E-state index in [9.17, 15) is 0 Å². The van der Waals surface area contributed by atoms with Crippen LogP contribution in [0.5, 0.6) is 0 Å². The molecule has 6 heteroatoms. The average Bonchev–Trinajstić information content (AvgIpc) is 2.94. The number of nitrogens with one attached hydrogen (secondary N) is 1. The van der Waals surface area contributed by atoms with E-state index < -0.39 is 0 Å². The fraction of sp³-hybridized carbons (Fsp3) is 0.0667. The van der Waals surface area contributed by atoms with E-state index >= 15 is 0 Å². The highest BCUT2D eigenvalue weighted by Crippen LogP contribution is 2.27. The number of nitrogens with zero attached hydrogens (tertiary/aromatic N) is 2. The van der Waals surface area contributed by atoms with Crippen LogP contribution in [0.25, 0.3) is 11.4 Å². The Morgan fingerprint density at radius 1 is 1.05 bits per heavy atom. The van der Waals surface area contributed by atoms with Crippen LogP contribution in [0.3, 0.4) is 0 Å². The molecular formula is C15H11Br2N3S. The fourth-order valence-corrected chi connectivity index (χ4v) is 3.52. The summed E-state index contributed by atoms with van der Waals surface area (Å²) in [5.74, 6) is 1.62. The van der Waals surface area contributed by atoms with Gasteiger partial charge in [0.2, 0.25) is 5.16 Å². The van der Waals surface area contributed by atoms with E-state index in [1.54, 1.807) is 11.8 Å². The number of hydrogen-bond donors (Lipinski definition) is 1. The van der Waals surface area contributed by atoms with Gasteiger partial charge in [-0.15, -0.1) is 5.10 Å². The molecule has 0 fully saturated rings. The quantitative estimate of drug-likeness (QED) is 0.578. The first-order valence-corrected chi connectivity index (χ1v) is 8.84. The molecule has 0 atom stereocenters. The molecule has 0 unspecified atom stereocenters. The third-order valence-electron chi connectivity index (χ3n) is 2.85. The molecule has 0 amide bonds. The van der Waals surface area contributed by atoms with E-state index in [2.05, 4.69) is 59.2 Å². The van der Waals surface area contributed by atoms with Gasteiger partial charge in [-0.2, -0.15) is 0 Å². The molecule has 0 saturated heterocycles. The second-order valence-electron chi connectivity index (χ2n) is 4.37. The summed E-state index contributed by atoms with van der Waals surface area (Å²) >= 11 is 8.62. The molecule has 3 aromatic rings. The molecule has 0 aliphatic heterocycles. The standard InChI is InChI=1S/C15H11Br2N3S/c16-11-5-3-4-10(8-11)9-21-15-18-14(19-20-15)12-6-1-2-7-13(12)17/h1-8H,9H2,(H,18,19,20). The van der Waals surface area contributed by atoms with E-state index in [1.807, 2.05) is 36.4 Å². The predicted molar refractivity (Wildman–Crippen MR) is 93.2 cm³/mol. The number of aromatic nitrogens is 3. The average molecular weight is 425 g/mol. The summed E-state index contributed by atoms with van der Waals surface area (Å²) in [4.78, 5) is 4.53. The third-order valence-corrected chi connectivity index (χ3v) is 4.95. The second-order valence-corrected chi connectivity index (χ2v) is 7.08. The first kappa shape index (κ1) is 14.8. The number of hydrogen-bond acceptors (Lipinski definition) is 3. The van der Waals surface area contributed by atoms with Gasteiger partial charge >= 0.3 is 0 Å². The zero-order valence-electron chi connectivity index (χ0n) is 10.9. The van der Waals surface area contributed by atoms with Crippen LogP contribution in [0.15, 0.2) is 62.6 Å². The molecule has 106 valence electrons. The molecule has 0 spiro atoms. The minimum atomic E-state index is 0.751. The summed E-state index contributed by atoms with van der Waals surface area (Å²) in [5, 5.41) is 8.01. The number of thioether (sulfide) groups is 1. The Kier molecular flexibility index (Phi) is 4.77. The maximum atomic E-state index is 4.53. The summed E-state index contributed by atoms with van der Waals surface area (Å²) in [6.07, 6.45) is 0. The molecule has 0 aliphatic rings. The first-order valence-electron chi connectivity index (χ1n) is 6.27. The smallest absolute Gasteiger partial charge is 0.209 e. The Bertz CT molecular complexity index is 758. The maximum absolute atomic E-state index is 4.53. The van der Waals surface area contributed by atoms with Crippen molar-refractivity contribution in [3.8, 4) is 11.4 Å². The van der Waals surface area contributed by atoms with Crippen LogP contribution in [-0.4, -0.2) is 15.2 Å². The molecule has 3 nitrogen and oxygen atoms in total. The van der Waals surface area contributed by atoms with Crippen molar-refractivity contribution in [3.63, 3.8) is 0 Å². The van der Waals surface area contributed by atoms with Gasteiger partial charge in [-0.1, -0.05) is 74.0 Å². The van der Waals surface area contributed by atoms with Crippen molar-refractivity contribution in [3.05, 3.63) is 63.0 Å². The van der Waals surface area contributed by atoms with Crippen LogP contribution in [0, 0.1) is 0 Å². The largest absolute Gasteiger partial charge is 0.258 e. The highest BCUT2D eigenvalue weighted by atomic mass is 79.9. The van der Waals surface area contributed by atoms with Gasteiger partial charge in [0.25, 0.3) is 0 Å². The zero-order chi connectivity index (χ0) is 14.7. The van der Waals surface area contributed by atoms with Crippen LogP contribution in [0.2, 0.25) is 0 Å². The highest BCUT2D eigenvalue weighted by molar-refractivity contribution is 9.10. The van der Waals surface area contributed by atoms with Gasteiger partial charge in [0, 0.05) is 20.3 Å². The van der Waals surface area contributed by atoms with Gasteiger partial charge in [-0.25, -0.2) is 4.98 Å². The number of aromatic amines is 1. The Labute approximate surface area is 143 Å². The van der Waals surface area contributed by atoms with E-state index in [0.717, 1.165) is 31.2 Å². The molecule has 21 heavy (non-hydrogen) atoms. The lowest BCUT2D eigenvalue weighted by atomic mass is 10.2. The molecule has 0 radical (unpaired) electrons. The van der Waals surface area contributed by atoms with E-state index in [4.69, 9.17) is 0 Å². The summed E-state index contributed by atoms with van der Waals surface area (Å²) in [6.45, 7) is 0. The lowest BCUT2D eigenvalue weighted by molar-refractivity contribution is 0.973. The fourth-order valence-electron chi connectivity index (χ4n) is 1.86. The summed E-state index contributed by atoms with van der Waals surface area (Å²) in [7, 11) is 0. The highest BCUT2D eigenvalue weighted by Gasteiger charge is 2.09. The second kappa shape index (κ2) is 6.77. The SMILES string of the molecule is Brc1cccc(CSc2n[nH]c(-c3ccccc3Br)n2)c1. The van der Waals surface area contributed by atoms with Crippen molar-refractivity contribution in [2.75, 3.05) is 0 Å². The number of H-pyrrole nitrogens is 1. The van der Waals surface area contributed by atoms with Crippen molar-refractivity contribution in [2.24, 2.45) is 0 Å². The topological polar surface area (TPSA) is 41.6 Å². The first-order chi connectivity index (χ1) is 10.2. The van der Waals surface area contributed by atoms with Gasteiger partial charge in [0.15, 0.2) is 5.82 Å². The van der Waals surface area contributed by atoms with Crippen molar-refractivity contribution >= 4 is 43.6 Å². The third kappa shape index (κ3) is 3.75. The van der Waals surface area contributed by atoms with E-state index in [0.29, 0.717) is 0 Å². The van der Waals surface area contributed by atoms with Gasteiger partial charge in [-0.3, -0.25) is 5.10 Å². The van der Waals surface area contributed by atoms with E-state index in [1.165, 1.54) is 5.56 Å². The molecule has 2 aromatic carbocycles. The monoisotopic (exact) mass is 423 g/mol. The van der Waals surface area contributed by atoms with Crippen LogP contribution in [0.1, 0.15) is 5.56 Å². The van der Waals surface area contributed by atoms with Crippen molar-refractivity contribution < 1.29 is 0 Å². The van der Waals surface area contributed by atoms with Crippen LogP contribution in [-0.2, 0) is 5.75 Å². The Morgan fingerprint density at radius 2 is 1.90 bits per heavy atom. The lowest BCUT2D eigenvalue weighted by Gasteiger charge is -1.99. The molecule has 0 bridgehead atoms. The normalized spacial score (nSPS) is 10.8. The number of halogens is 2. The summed E-state index contributed by atoms with van der Waals surface area (Å²) < 4.78 is 2.09. The Hall–Kier alpha value is -1.11. The molecule has 1 N–H and O–H groups in total. The van der Waals surface area contributed by atoms with Crippen LogP contribution in [0.4, 0.5) is 0 Å². The van der Waals surface area contributed by atoms with Crippen molar-refractivity contribution in [1.82, 2.24) is 15.2 Å². The molecule has 1 heterocycles. The van der Waals surface area contributed by atoms with Gasteiger partial charge < -0.3 is 0 Å². The number of benzene rings is 2. The lowest BCUT2D eigenvalue weighted by Crippen LogP contribution is -1.83. The van der Waals surface area contributed by atoms with Gasteiger partial charge in [-0.05, 0) is 23.8 Å². The zero-order valence-corrected chi connectivity index (χ0v) is 14.9. The molecular weight excluding hydrogens is 414 g/mol. The van der Waals surface area contributed by atoms with Gasteiger partial charge in [0.05, 0.1) is 0 Å². The maximum Gasteiger partial charge on any atom is 0.209 e. The molecule has 1 aromatic heterocycles. The Balaban J connectivity index is 1.72. The minimum Gasteiger partial charge on any atom is -0.258 e. The van der Waals surface area contributed by atoms with Gasteiger partial charge in [0.1, 0.15) is 0 Å². The molecule has 3 rings (SSSR count). The molecule has 0 saturated carbocycles. The minimum absolute atomic E-state index is 0.751. The van der Waals surface area contributed by atoms with Crippen molar-refractivity contribution in [1.29, 1.82) is 0 Å². The van der Waals surface area contributed by atoms with E-state index in [-0.39, 0.29) is 0 Å². The Morgan fingerprint density at radius 3 is 2.71 bits per heavy atom. The summed E-state index contributed by atoms with van der Waals surface area (Å²) in [6, 6.07) is 16.2. The molecule has 0 aliphatic carbocycles. The van der Waals surface area contributed by atoms with Crippen molar-refractivity contribution in [2.45, 2.75) is 10.9 Å². The van der Waals surface area contributed by atoms with Crippen LogP contribution < -0.4 is 0 Å². The summed E-state index contributed by atoms with van der Waals surface area (Å²) in [5.41, 5.74) is 2.25. The van der Waals surface area contributed by atoms with Crippen LogP contribution >= 0.6 is 43.6 Å². The number of rotatable bonds is 4. The predicted octanol–water partition coefficient (Wildman–Crippen LogP) is 5.29.